The van der Waals surface area contributed by atoms with Gasteiger partial charge in [-0.3, -0.25) is 4.79 Å². The first-order chi connectivity index (χ1) is 9.19. The molecule has 0 saturated heterocycles. The summed E-state index contributed by atoms with van der Waals surface area (Å²) in [4.78, 5) is 11.4. The van der Waals surface area contributed by atoms with Gasteiger partial charge in [0.2, 0.25) is 5.91 Å². The lowest BCUT2D eigenvalue weighted by atomic mass is 10.2. The molecule has 0 heterocycles. The van der Waals surface area contributed by atoms with Crippen LogP contribution in [0.4, 0.5) is 0 Å². The van der Waals surface area contributed by atoms with E-state index in [4.69, 9.17) is 4.74 Å². The number of carbonyl (C=O) groups excluding carboxylic acids is 1. The molecule has 0 spiro atoms. The van der Waals surface area contributed by atoms with Crippen LogP contribution in [0, 0.1) is 0 Å². The van der Waals surface area contributed by atoms with Crippen LogP contribution in [0.1, 0.15) is 25.8 Å². The van der Waals surface area contributed by atoms with E-state index in [1.165, 1.54) is 0 Å². The molecule has 5 heteroatoms. The van der Waals surface area contributed by atoms with Gasteiger partial charge in [-0.25, -0.2) is 0 Å². The fourth-order valence-corrected chi connectivity index (χ4v) is 1.62. The molecule has 0 unspecified atom stereocenters. The number of hydrogen-bond donors (Lipinski definition) is 3. The fraction of sp³-hybridized carbons (Fsp3) is 0.500. The monoisotopic (exact) mass is 266 g/mol. The number of para-hydroxylation sites is 1. The highest BCUT2D eigenvalue weighted by Gasteiger charge is 2.08. The number of rotatable bonds is 8. The Balaban J connectivity index is 2.45. The van der Waals surface area contributed by atoms with Gasteiger partial charge in [-0.15, -0.1) is 0 Å². The third-order valence-electron chi connectivity index (χ3n) is 2.56. The molecular weight excluding hydrogens is 244 g/mol. The van der Waals surface area contributed by atoms with Crippen molar-refractivity contribution < 1.29 is 14.6 Å². The first-order valence-electron chi connectivity index (χ1n) is 6.60. The van der Waals surface area contributed by atoms with Crippen LogP contribution in [0.15, 0.2) is 18.2 Å². The molecule has 0 bridgehead atoms. The maximum atomic E-state index is 11.4. The standard InChI is InChI=1S/C14H22N2O3/c1-3-8-16-13(17)10-15-9-11-6-5-7-12(14(11)18)19-4-2/h5-7,15,18H,3-4,8-10H2,1-2H3,(H,16,17). The molecule has 106 valence electrons. The summed E-state index contributed by atoms with van der Waals surface area (Å²) in [7, 11) is 0. The maximum Gasteiger partial charge on any atom is 0.233 e. The van der Waals surface area contributed by atoms with E-state index in [1.807, 2.05) is 19.9 Å². The van der Waals surface area contributed by atoms with Gasteiger partial charge in [0.15, 0.2) is 11.5 Å². The minimum absolute atomic E-state index is 0.0395. The number of phenolic OH excluding ortho intramolecular Hbond substituents is 1. The van der Waals surface area contributed by atoms with Gasteiger partial charge in [-0.05, 0) is 19.4 Å². The van der Waals surface area contributed by atoms with Crippen LogP contribution >= 0.6 is 0 Å². The first kappa shape index (κ1) is 15.3. The van der Waals surface area contributed by atoms with E-state index in [1.54, 1.807) is 12.1 Å². The zero-order valence-electron chi connectivity index (χ0n) is 11.5. The van der Waals surface area contributed by atoms with Gasteiger partial charge < -0.3 is 20.5 Å². The summed E-state index contributed by atoms with van der Waals surface area (Å²) in [6, 6.07) is 5.34. The van der Waals surface area contributed by atoms with Gasteiger partial charge in [-0.1, -0.05) is 19.1 Å². The third-order valence-corrected chi connectivity index (χ3v) is 2.56. The van der Waals surface area contributed by atoms with Gasteiger partial charge in [0.1, 0.15) is 0 Å². The second-order valence-corrected chi connectivity index (χ2v) is 4.15. The van der Waals surface area contributed by atoms with Crippen molar-refractivity contribution in [2.75, 3.05) is 19.7 Å². The number of hydrogen-bond acceptors (Lipinski definition) is 4. The molecule has 1 aromatic carbocycles. The van der Waals surface area contributed by atoms with Crippen LogP contribution in [0.25, 0.3) is 0 Å². The average Bonchev–Trinajstić information content (AvgIpc) is 2.41. The predicted octanol–water partition coefficient (Wildman–Crippen LogP) is 1.41. The zero-order chi connectivity index (χ0) is 14.1. The Morgan fingerprint density at radius 3 is 2.84 bits per heavy atom. The van der Waals surface area contributed by atoms with Crippen LogP contribution in [0.5, 0.6) is 11.5 Å². The lowest BCUT2D eigenvalue weighted by Gasteiger charge is -2.11. The number of amides is 1. The average molecular weight is 266 g/mol. The quantitative estimate of drug-likeness (QED) is 0.665. The number of aromatic hydroxyl groups is 1. The SMILES string of the molecule is CCCNC(=O)CNCc1cccc(OCC)c1O. The summed E-state index contributed by atoms with van der Waals surface area (Å²) in [6.07, 6.45) is 0.920. The number of ether oxygens (including phenoxy) is 1. The molecule has 1 rings (SSSR count). The molecule has 0 fully saturated rings. The molecular formula is C14H22N2O3. The topological polar surface area (TPSA) is 70.6 Å². The lowest BCUT2D eigenvalue weighted by molar-refractivity contribution is -0.120. The van der Waals surface area contributed by atoms with Crippen LogP contribution in [0.3, 0.4) is 0 Å². The number of carbonyl (C=O) groups is 1. The molecule has 3 N–H and O–H groups in total. The molecule has 0 saturated carbocycles. The Kier molecular flexibility index (Phi) is 6.74. The Bertz CT molecular complexity index is 408. The number of benzene rings is 1. The van der Waals surface area contributed by atoms with E-state index < -0.39 is 0 Å². The van der Waals surface area contributed by atoms with Crippen molar-refractivity contribution in [2.24, 2.45) is 0 Å². The zero-order valence-corrected chi connectivity index (χ0v) is 11.5. The highest BCUT2D eigenvalue weighted by atomic mass is 16.5. The molecule has 5 nitrogen and oxygen atoms in total. The molecule has 0 aliphatic carbocycles. The Morgan fingerprint density at radius 1 is 1.37 bits per heavy atom. The van der Waals surface area contributed by atoms with Gasteiger partial charge in [-0.2, -0.15) is 0 Å². The van der Waals surface area contributed by atoms with Crippen molar-refractivity contribution >= 4 is 5.91 Å². The van der Waals surface area contributed by atoms with E-state index in [2.05, 4.69) is 10.6 Å². The molecule has 1 aromatic rings. The summed E-state index contributed by atoms with van der Waals surface area (Å²) in [5.74, 6) is 0.561. The molecule has 0 atom stereocenters. The summed E-state index contributed by atoms with van der Waals surface area (Å²) in [6.45, 7) is 5.72. The van der Waals surface area contributed by atoms with Crippen molar-refractivity contribution in [3.8, 4) is 11.5 Å². The van der Waals surface area contributed by atoms with Gasteiger partial charge in [0, 0.05) is 18.7 Å². The van der Waals surface area contributed by atoms with Crippen molar-refractivity contribution in [3.63, 3.8) is 0 Å². The number of nitrogens with one attached hydrogen (secondary N) is 2. The summed E-state index contributed by atoms with van der Waals surface area (Å²) in [5.41, 5.74) is 0.717. The lowest BCUT2D eigenvalue weighted by Crippen LogP contribution is -2.33. The highest BCUT2D eigenvalue weighted by molar-refractivity contribution is 5.77. The van der Waals surface area contributed by atoms with E-state index in [-0.39, 0.29) is 18.2 Å². The smallest absolute Gasteiger partial charge is 0.233 e. The molecule has 1 amide bonds. The Morgan fingerprint density at radius 2 is 2.16 bits per heavy atom. The van der Waals surface area contributed by atoms with Gasteiger partial charge >= 0.3 is 0 Å². The number of phenols is 1. The second-order valence-electron chi connectivity index (χ2n) is 4.15. The molecule has 0 radical (unpaired) electrons. The van der Waals surface area contributed by atoms with E-state index in [0.29, 0.717) is 31.0 Å². The molecule has 0 aliphatic rings. The summed E-state index contributed by atoms with van der Waals surface area (Å²) >= 11 is 0. The Labute approximate surface area is 114 Å². The van der Waals surface area contributed by atoms with Crippen molar-refractivity contribution in [2.45, 2.75) is 26.8 Å². The maximum absolute atomic E-state index is 11.4. The van der Waals surface area contributed by atoms with Crippen molar-refractivity contribution in [1.29, 1.82) is 0 Å². The molecule has 0 aliphatic heterocycles. The fourth-order valence-electron chi connectivity index (χ4n) is 1.62. The predicted molar refractivity (Wildman–Crippen MR) is 74.3 cm³/mol. The van der Waals surface area contributed by atoms with Gasteiger partial charge in [0.25, 0.3) is 0 Å². The summed E-state index contributed by atoms with van der Waals surface area (Å²) in [5, 5.41) is 15.7. The van der Waals surface area contributed by atoms with E-state index >= 15 is 0 Å². The minimum atomic E-state index is -0.0395. The normalized spacial score (nSPS) is 10.2. The largest absolute Gasteiger partial charge is 0.504 e. The summed E-state index contributed by atoms with van der Waals surface area (Å²) < 4.78 is 5.30. The van der Waals surface area contributed by atoms with Crippen LogP contribution in [-0.4, -0.2) is 30.7 Å². The minimum Gasteiger partial charge on any atom is -0.504 e. The van der Waals surface area contributed by atoms with Crippen LogP contribution in [0.2, 0.25) is 0 Å². The first-order valence-corrected chi connectivity index (χ1v) is 6.60. The van der Waals surface area contributed by atoms with E-state index in [0.717, 1.165) is 6.42 Å². The molecule has 0 aromatic heterocycles. The third kappa shape index (κ3) is 5.18. The highest BCUT2D eigenvalue weighted by Crippen LogP contribution is 2.29. The van der Waals surface area contributed by atoms with Crippen molar-refractivity contribution in [1.82, 2.24) is 10.6 Å². The Hall–Kier alpha value is -1.75. The van der Waals surface area contributed by atoms with Crippen molar-refractivity contribution in [3.05, 3.63) is 23.8 Å². The molecule has 19 heavy (non-hydrogen) atoms. The second kappa shape index (κ2) is 8.37. The van der Waals surface area contributed by atoms with Crippen LogP contribution < -0.4 is 15.4 Å². The van der Waals surface area contributed by atoms with Gasteiger partial charge in [0.05, 0.1) is 13.2 Å². The van der Waals surface area contributed by atoms with Crippen LogP contribution in [-0.2, 0) is 11.3 Å². The van der Waals surface area contributed by atoms with E-state index in [9.17, 15) is 9.90 Å².